The molecular formula is C17H23N3O. The summed E-state index contributed by atoms with van der Waals surface area (Å²) in [6.07, 6.45) is 3.59. The first-order chi connectivity index (χ1) is 9.83. The lowest BCUT2D eigenvalue weighted by atomic mass is 10.1. The smallest absolute Gasteiger partial charge is 0.321 e. The van der Waals surface area contributed by atoms with Gasteiger partial charge < -0.3 is 10.1 Å². The van der Waals surface area contributed by atoms with Gasteiger partial charge in [-0.2, -0.15) is 0 Å². The molecule has 4 nitrogen and oxygen atoms in total. The fourth-order valence-corrected chi connectivity index (χ4v) is 1.74. The largest absolute Gasteiger partial charge is 0.424 e. The number of nitrogens with one attached hydrogen (secondary N) is 1. The fraction of sp³-hybridized carbons (Fsp3) is 0.412. The fourth-order valence-electron chi connectivity index (χ4n) is 1.74. The molecule has 1 aromatic heterocycles. The van der Waals surface area contributed by atoms with Gasteiger partial charge in [0.2, 0.25) is 0 Å². The highest BCUT2D eigenvalue weighted by atomic mass is 16.5. The predicted molar refractivity (Wildman–Crippen MR) is 84.6 cm³/mol. The lowest BCUT2D eigenvalue weighted by Crippen LogP contribution is -2.35. The molecule has 0 saturated heterocycles. The van der Waals surface area contributed by atoms with Gasteiger partial charge in [-0.15, -0.1) is 0 Å². The van der Waals surface area contributed by atoms with E-state index in [9.17, 15) is 0 Å². The van der Waals surface area contributed by atoms with Crippen molar-refractivity contribution < 1.29 is 4.74 Å². The molecule has 112 valence electrons. The number of rotatable bonds is 4. The molecule has 0 bridgehead atoms. The van der Waals surface area contributed by atoms with Crippen LogP contribution >= 0.6 is 0 Å². The van der Waals surface area contributed by atoms with Crippen molar-refractivity contribution in [3.8, 4) is 11.8 Å². The monoisotopic (exact) mass is 285 g/mol. The minimum absolute atomic E-state index is 0.0780. The Labute approximate surface area is 126 Å². The molecule has 0 spiro atoms. The molecule has 0 aliphatic carbocycles. The first-order valence-electron chi connectivity index (χ1n) is 7.14. The maximum Gasteiger partial charge on any atom is 0.321 e. The topological polar surface area (TPSA) is 47.0 Å². The van der Waals surface area contributed by atoms with Gasteiger partial charge in [-0.3, -0.25) is 0 Å². The Bertz CT molecular complexity index is 600. The molecule has 2 rings (SSSR count). The zero-order valence-electron chi connectivity index (χ0n) is 13.4. The third-order valence-corrected chi connectivity index (χ3v) is 3.19. The van der Waals surface area contributed by atoms with E-state index in [1.165, 1.54) is 11.1 Å². The van der Waals surface area contributed by atoms with Crippen LogP contribution < -0.4 is 10.1 Å². The molecule has 4 heteroatoms. The van der Waals surface area contributed by atoms with Crippen molar-refractivity contribution in [3.63, 3.8) is 0 Å². The van der Waals surface area contributed by atoms with Crippen LogP contribution in [-0.4, -0.2) is 15.5 Å². The summed E-state index contributed by atoms with van der Waals surface area (Å²) >= 11 is 0. The van der Waals surface area contributed by atoms with Crippen LogP contribution in [-0.2, 0) is 6.54 Å². The summed E-state index contributed by atoms with van der Waals surface area (Å²) in [4.78, 5) is 8.51. The number of nitrogens with zero attached hydrogens (tertiary/aromatic N) is 2. The number of benzene rings is 1. The Morgan fingerprint density at radius 3 is 2.29 bits per heavy atom. The van der Waals surface area contributed by atoms with E-state index < -0.39 is 0 Å². The first kappa shape index (κ1) is 15.4. The van der Waals surface area contributed by atoms with Crippen molar-refractivity contribution in [2.45, 2.75) is 46.7 Å². The van der Waals surface area contributed by atoms with E-state index >= 15 is 0 Å². The SMILES string of the molecule is Cc1ccc(Oc2ncc(CNC(C)(C)C)cn2)cc1C. The Hall–Kier alpha value is -1.94. The molecule has 21 heavy (non-hydrogen) atoms. The van der Waals surface area contributed by atoms with Gasteiger partial charge in [0.1, 0.15) is 5.75 Å². The highest BCUT2D eigenvalue weighted by Crippen LogP contribution is 2.20. The summed E-state index contributed by atoms with van der Waals surface area (Å²) < 4.78 is 5.67. The summed E-state index contributed by atoms with van der Waals surface area (Å²) in [5.41, 5.74) is 3.55. The quantitative estimate of drug-likeness (QED) is 0.928. The van der Waals surface area contributed by atoms with Crippen LogP contribution in [0.25, 0.3) is 0 Å². The van der Waals surface area contributed by atoms with Crippen LogP contribution in [0.15, 0.2) is 30.6 Å². The summed E-state index contributed by atoms with van der Waals surface area (Å²) in [7, 11) is 0. The second kappa shape index (κ2) is 6.22. The molecule has 1 heterocycles. The summed E-state index contributed by atoms with van der Waals surface area (Å²) in [6.45, 7) is 11.3. The van der Waals surface area contributed by atoms with Crippen LogP contribution in [0.1, 0.15) is 37.5 Å². The average molecular weight is 285 g/mol. The van der Waals surface area contributed by atoms with Gasteiger partial charge in [-0.05, 0) is 57.9 Å². The van der Waals surface area contributed by atoms with Crippen LogP contribution in [0.5, 0.6) is 11.8 Å². The molecule has 2 aromatic rings. The van der Waals surface area contributed by atoms with E-state index in [4.69, 9.17) is 4.74 Å². The zero-order chi connectivity index (χ0) is 15.5. The molecular weight excluding hydrogens is 262 g/mol. The van der Waals surface area contributed by atoms with E-state index in [1.807, 2.05) is 18.2 Å². The Kier molecular flexibility index (Phi) is 4.58. The zero-order valence-corrected chi connectivity index (χ0v) is 13.4. The van der Waals surface area contributed by atoms with Crippen LogP contribution in [0, 0.1) is 13.8 Å². The Morgan fingerprint density at radius 1 is 1.05 bits per heavy atom. The molecule has 0 amide bonds. The molecule has 0 unspecified atom stereocenters. The van der Waals surface area contributed by atoms with Crippen molar-refractivity contribution in [2.24, 2.45) is 0 Å². The molecule has 0 saturated carbocycles. The average Bonchev–Trinajstić information content (AvgIpc) is 2.41. The summed E-state index contributed by atoms with van der Waals surface area (Å²) in [6, 6.07) is 6.33. The van der Waals surface area contributed by atoms with Crippen LogP contribution in [0.3, 0.4) is 0 Å². The van der Waals surface area contributed by atoms with Crippen LogP contribution in [0.4, 0.5) is 0 Å². The van der Waals surface area contributed by atoms with Crippen molar-refractivity contribution in [3.05, 3.63) is 47.3 Å². The van der Waals surface area contributed by atoms with Gasteiger partial charge in [0.05, 0.1) is 0 Å². The summed E-state index contributed by atoms with van der Waals surface area (Å²) in [5.74, 6) is 0.763. The molecule has 0 aliphatic rings. The molecule has 0 radical (unpaired) electrons. The highest BCUT2D eigenvalue weighted by Gasteiger charge is 2.09. The van der Waals surface area contributed by atoms with E-state index in [2.05, 4.69) is 49.9 Å². The van der Waals surface area contributed by atoms with E-state index in [1.54, 1.807) is 12.4 Å². The lowest BCUT2D eigenvalue weighted by molar-refractivity contribution is 0.419. The van der Waals surface area contributed by atoms with E-state index in [0.717, 1.165) is 17.9 Å². The molecule has 0 aliphatic heterocycles. The second-order valence-corrected chi connectivity index (χ2v) is 6.33. The Balaban J connectivity index is 2.00. The molecule has 0 fully saturated rings. The maximum atomic E-state index is 5.67. The third kappa shape index (κ3) is 4.83. The van der Waals surface area contributed by atoms with Crippen LogP contribution in [0.2, 0.25) is 0 Å². The van der Waals surface area contributed by atoms with Gasteiger partial charge in [0, 0.05) is 30.0 Å². The number of hydrogen-bond acceptors (Lipinski definition) is 4. The Morgan fingerprint density at radius 2 is 1.71 bits per heavy atom. The van der Waals surface area contributed by atoms with E-state index in [0.29, 0.717) is 6.01 Å². The number of aromatic nitrogens is 2. The standard InChI is InChI=1S/C17H23N3O/c1-12-6-7-15(8-13(12)2)21-16-18-9-14(10-19-16)11-20-17(3,4)5/h6-10,20H,11H2,1-5H3. The molecule has 1 aromatic carbocycles. The van der Waals surface area contributed by atoms with Gasteiger partial charge in [0.25, 0.3) is 0 Å². The van der Waals surface area contributed by atoms with Gasteiger partial charge in [0.15, 0.2) is 0 Å². The highest BCUT2D eigenvalue weighted by molar-refractivity contribution is 5.35. The van der Waals surface area contributed by atoms with Gasteiger partial charge in [-0.1, -0.05) is 6.07 Å². The number of aryl methyl sites for hydroxylation is 2. The van der Waals surface area contributed by atoms with Crippen molar-refractivity contribution in [2.75, 3.05) is 0 Å². The lowest BCUT2D eigenvalue weighted by Gasteiger charge is -2.20. The minimum Gasteiger partial charge on any atom is -0.424 e. The number of hydrogen-bond donors (Lipinski definition) is 1. The minimum atomic E-state index is 0.0780. The normalized spacial score (nSPS) is 11.5. The van der Waals surface area contributed by atoms with Crippen molar-refractivity contribution in [1.29, 1.82) is 0 Å². The van der Waals surface area contributed by atoms with Crippen molar-refractivity contribution in [1.82, 2.24) is 15.3 Å². The maximum absolute atomic E-state index is 5.67. The first-order valence-corrected chi connectivity index (χ1v) is 7.14. The summed E-state index contributed by atoms with van der Waals surface area (Å²) in [5, 5.41) is 3.40. The second-order valence-electron chi connectivity index (χ2n) is 6.33. The van der Waals surface area contributed by atoms with Crippen molar-refractivity contribution >= 4 is 0 Å². The van der Waals surface area contributed by atoms with Gasteiger partial charge in [-0.25, -0.2) is 9.97 Å². The van der Waals surface area contributed by atoms with E-state index in [-0.39, 0.29) is 5.54 Å². The van der Waals surface area contributed by atoms with Gasteiger partial charge >= 0.3 is 6.01 Å². The third-order valence-electron chi connectivity index (χ3n) is 3.19. The number of ether oxygens (including phenoxy) is 1. The predicted octanol–water partition coefficient (Wildman–Crippen LogP) is 3.77. The molecule has 0 atom stereocenters. The molecule has 1 N–H and O–H groups in total.